The highest BCUT2D eigenvalue weighted by atomic mass is 32.2. The van der Waals surface area contributed by atoms with Gasteiger partial charge in [0.05, 0.1) is 16.2 Å². The lowest BCUT2D eigenvalue weighted by atomic mass is 10.2. The molecule has 0 spiro atoms. The van der Waals surface area contributed by atoms with Crippen molar-refractivity contribution in [2.75, 3.05) is 31.9 Å². The molecule has 26 heavy (non-hydrogen) atoms. The quantitative estimate of drug-likeness (QED) is 0.800. The summed E-state index contributed by atoms with van der Waals surface area (Å²) in [6, 6.07) is 6.26. The van der Waals surface area contributed by atoms with Crippen LogP contribution in [0.5, 0.6) is 0 Å². The molecule has 0 N–H and O–H groups in total. The second kappa shape index (κ2) is 7.65. The van der Waals surface area contributed by atoms with Crippen LogP contribution in [-0.4, -0.2) is 67.8 Å². The Morgan fingerprint density at radius 2 is 1.58 bits per heavy atom. The molecule has 0 unspecified atom stereocenters. The monoisotopic (exact) mass is 382 g/mol. The van der Waals surface area contributed by atoms with Crippen molar-refractivity contribution in [3.8, 4) is 0 Å². The number of benzene rings is 1. The summed E-state index contributed by atoms with van der Waals surface area (Å²) in [5, 5.41) is 0. The average Bonchev–Trinajstić information content (AvgIpc) is 2.60. The lowest BCUT2D eigenvalue weighted by Crippen LogP contribution is -2.51. The van der Waals surface area contributed by atoms with Crippen molar-refractivity contribution in [1.82, 2.24) is 9.80 Å². The Hall–Kier alpha value is -2.09. The maximum Gasteiger partial charge on any atom is 0.410 e. The fourth-order valence-electron chi connectivity index (χ4n) is 2.66. The Balaban J connectivity index is 2.09. The Morgan fingerprint density at radius 1 is 1.04 bits per heavy atom. The molecule has 144 valence electrons. The minimum absolute atomic E-state index is 0.0575. The molecular formula is C18H26N2O5S. The molecule has 7 nitrogen and oxygen atoms in total. The van der Waals surface area contributed by atoms with Crippen LogP contribution in [0.4, 0.5) is 4.79 Å². The van der Waals surface area contributed by atoms with Gasteiger partial charge in [-0.2, -0.15) is 0 Å². The van der Waals surface area contributed by atoms with E-state index < -0.39 is 21.5 Å². The van der Waals surface area contributed by atoms with Gasteiger partial charge in [0.25, 0.3) is 5.91 Å². The average molecular weight is 382 g/mol. The molecule has 0 saturated carbocycles. The first kappa shape index (κ1) is 20.2. The smallest absolute Gasteiger partial charge is 0.410 e. The van der Waals surface area contributed by atoms with Crippen LogP contribution in [0.15, 0.2) is 29.2 Å². The summed E-state index contributed by atoms with van der Waals surface area (Å²) in [6.07, 6.45) is -0.404. The van der Waals surface area contributed by atoms with E-state index in [4.69, 9.17) is 4.74 Å². The van der Waals surface area contributed by atoms with E-state index in [1.807, 2.05) is 0 Å². The lowest BCUT2D eigenvalue weighted by molar-refractivity contribution is 0.0140. The van der Waals surface area contributed by atoms with Gasteiger partial charge in [-0.05, 0) is 32.9 Å². The number of ether oxygens (including phenoxy) is 1. The molecule has 1 aromatic rings. The highest BCUT2D eigenvalue weighted by molar-refractivity contribution is 7.91. The van der Waals surface area contributed by atoms with Gasteiger partial charge in [0.1, 0.15) is 5.60 Å². The first-order chi connectivity index (χ1) is 12.0. The fraction of sp³-hybridized carbons (Fsp3) is 0.556. The van der Waals surface area contributed by atoms with E-state index in [-0.39, 0.29) is 22.1 Å². The van der Waals surface area contributed by atoms with Crippen LogP contribution in [0.25, 0.3) is 0 Å². The normalized spacial score (nSPS) is 15.7. The third kappa shape index (κ3) is 4.75. The van der Waals surface area contributed by atoms with Crippen molar-refractivity contribution in [3.05, 3.63) is 29.8 Å². The number of hydrogen-bond acceptors (Lipinski definition) is 5. The van der Waals surface area contributed by atoms with Gasteiger partial charge < -0.3 is 14.5 Å². The largest absolute Gasteiger partial charge is 0.444 e. The summed E-state index contributed by atoms with van der Waals surface area (Å²) in [4.78, 5) is 28.1. The van der Waals surface area contributed by atoms with E-state index in [1.54, 1.807) is 49.6 Å². The van der Waals surface area contributed by atoms with Gasteiger partial charge in [-0.15, -0.1) is 0 Å². The zero-order valence-electron chi connectivity index (χ0n) is 15.7. The topological polar surface area (TPSA) is 84.0 Å². The second-order valence-corrected chi connectivity index (χ2v) is 9.41. The summed E-state index contributed by atoms with van der Waals surface area (Å²) < 4.78 is 29.8. The summed E-state index contributed by atoms with van der Waals surface area (Å²) >= 11 is 0. The van der Waals surface area contributed by atoms with Crippen molar-refractivity contribution in [1.29, 1.82) is 0 Å². The van der Waals surface area contributed by atoms with Gasteiger partial charge in [-0.25, -0.2) is 13.2 Å². The fourth-order valence-corrected chi connectivity index (χ4v) is 3.75. The highest BCUT2D eigenvalue weighted by Crippen LogP contribution is 2.20. The van der Waals surface area contributed by atoms with Crippen LogP contribution in [0.1, 0.15) is 38.1 Å². The highest BCUT2D eigenvalue weighted by Gasteiger charge is 2.30. The molecule has 1 aromatic carbocycles. The van der Waals surface area contributed by atoms with Gasteiger partial charge >= 0.3 is 6.09 Å². The Labute approximate surface area is 154 Å². The van der Waals surface area contributed by atoms with E-state index in [0.29, 0.717) is 26.2 Å². The van der Waals surface area contributed by atoms with Crippen LogP contribution in [0.2, 0.25) is 0 Å². The Kier molecular flexibility index (Phi) is 5.95. The number of amides is 2. The molecule has 1 fully saturated rings. The molecule has 0 aliphatic carbocycles. The number of carbonyl (C=O) groups is 2. The van der Waals surface area contributed by atoms with Crippen LogP contribution in [-0.2, 0) is 14.6 Å². The van der Waals surface area contributed by atoms with Gasteiger partial charge in [0.15, 0.2) is 9.84 Å². The van der Waals surface area contributed by atoms with Gasteiger partial charge in [0.2, 0.25) is 0 Å². The van der Waals surface area contributed by atoms with Crippen LogP contribution >= 0.6 is 0 Å². The minimum Gasteiger partial charge on any atom is -0.444 e. The number of nitrogens with zero attached hydrogens (tertiary/aromatic N) is 2. The molecule has 0 bridgehead atoms. The van der Waals surface area contributed by atoms with Crippen LogP contribution in [0.3, 0.4) is 0 Å². The van der Waals surface area contributed by atoms with Gasteiger partial charge in [0, 0.05) is 26.2 Å². The Morgan fingerprint density at radius 3 is 2.12 bits per heavy atom. The Bertz CT molecular complexity index is 775. The lowest BCUT2D eigenvalue weighted by Gasteiger charge is -2.35. The number of hydrogen-bond donors (Lipinski definition) is 0. The molecule has 1 aliphatic heterocycles. The zero-order valence-corrected chi connectivity index (χ0v) is 16.5. The van der Waals surface area contributed by atoms with Crippen molar-refractivity contribution < 1.29 is 22.7 Å². The molecular weight excluding hydrogens is 356 g/mol. The molecule has 8 heteroatoms. The van der Waals surface area contributed by atoms with E-state index >= 15 is 0 Å². The van der Waals surface area contributed by atoms with Crippen molar-refractivity contribution >= 4 is 21.8 Å². The maximum atomic E-state index is 12.8. The standard InChI is InChI=1S/C18H26N2O5S/c1-5-26(23,24)15-9-7-6-8-14(15)16(21)19-10-12-20(13-11-19)17(22)25-18(2,3)4/h6-9H,5,10-13H2,1-4H3. The molecule has 0 aromatic heterocycles. The maximum absolute atomic E-state index is 12.8. The number of piperazine rings is 1. The summed E-state index contributed by atoms with van der Waals surface area (Å²) in [5.74, 6) is -0.398. The first-order valence-corrected chi connectivity index (χ1v) is 10.3. The number of rotatable bonds is 3. The molecule has 1 heterocycles. The molecule has 1 saturated heterocycles. The van der Waals surface area contributed by atoms with Crippen LogP contribution < -0.4 is 0 Å². The first-order valence-electron chi connectivity index (χ1n) is 8.64. The van der Waals surface area contributed by atoms with Crippen molar-refractivity contribution in [3.63, 3.8) is 0 Å². The van der Waals surface area contributed by atoms with E-state index in [2.05, 4.69) is 0 Å². The third-order valence-electron chi connectivity index (χ3n) is 4.05. The van der Waals surface area contributed by atoms with Crippen LogP contribution in [0, 0.1) is 0 Å². The van der Waals surface area contributed by atoms with Crippen molar-refractivity contribution in [2.45, 2.75) is 38.2 Å². The molecule has 0 radical (unpaired) electrons. The van der Waals surface area contributed by atoms with E-state index in [0.717, 1.165) is 0 Å². The van der Waals surface area contributed by atoms with E-state index in [1.165, 1.54) is 12.1 Å². The molecule has 1 aliphatic rings. The molecule has 0 atom stereocenters. The van der Waals surface area contributed by atoms with Crippen molar-refractivity contribution in [2.24, 2.45) is 0 Å². The third-order valence-corrected chi connectivity index (χ3v) is 5.84. The zero-order chi connectivity index (χ0) is 19.5. The second-order valence-electron chi connectivity index (χ2n) is 7.16. The molecule has 2 amide bonds. The number of carbonyl (C=O) groups excluding carboxylic acids is 2. The van der Waals surface area contributed by atoms with E-state index in [9.17, 15) is 18.0 Å². The predicted molar refractivity (Wildman–Crippen MR) is 97.9 cm³/mol. The van der Waals surface area contributed by atoms with Gasteiger partial charge in [-0.1, -0.05) is 19.1 Å². The SMILES string of the molecule is CCS(=O)(=O)c1ccccc1C(=O)N1CCN(C(=O)OC(C)(C)C)CC1. The summed E-state index contributed by atoms with van der Waals surface area (Å²) in [5.41, 5.74) is -0.391. The molecule has 2 rings (SSSR count). The van der Waals surface area contributed by atoms with Gasteiger partial charge in [-0.3, -0.25) is 4.79 Å². The minimum atomic E-state index is -3.49. The summed E-state index contributed by atoms with van der Waals surface area (Å²) in [7, 11) is -3.49. The predicted octanol–water partition coefficient (Wildman–Crippen LogP) is 2.17. The number of sulfone groups is 1. The summed E-state index contributed by atoms with van der Waals surface area (Å²) in [6.45, 7) is 8.32.